The number of carbonyl (C=O) groups is 2. The summed E-state index contributed by atoms with van der Waals surface area (Å²) in [5.74, 6) is 0.643. The molecule has 2 aromatic rings. The summed E-state index contributed by atoms with van der Waals surface area (Å²) in [6.45, 7) is 6.64. The maximum absolute atomic E-state index is 12.1. The highest BCUT2D eigenvalue weighted by atomic mass is 32.1. The standard InChI is InChI=1S/C21H32N4O2S/c1-5-7-16(9-8-15(3)6-2)18-14-28-21(23-18)24-19(26)12-22-20(27)17-10-11-25(4)13-17/h10-11,13-16H,5-9,12H2,1-4H3,(H,22,27)(H,23,24,26). The van der Waals surface area contributed by atoms with Crippen molar-refractivity contribution in [2.75, 3.05) is 11.9 Å². The summed E-state index contributed by atoms with van der Waals surface area (Å²) < 4.78 is 1.79. The summed E-state index contributed by atoms with van der Waals surface area (Å²) in [6, 6.07) is 1.72. The molecule has 0 saturated heterocycles. The molecule has 0 bridgehead atoms. The van der Waals surface area contributed by atoms with Gasteiger partial charge in [0.15, 0.2) is 5.13 Å². The largest absolute Gasteiger partial charge is 0.356 e. The Kier molecular flexibility index (Phi) is 8.70. The van der Waals surface area contributed by atoms with Gasteiger partial charge in [-0.2, -0.15) is 0 Å². The van der Waals surface area contributed by atoms with Crippen LogP contribution in [0.1, 0.15) is 74.8 Å². The van der Waals surface area contributed by atoms with E-state index >= 15 is 0 Å². The van der Waals surface area contributed by atoms with Crippen molar-refractivity contribution in [1.82, 2.24) is 14.9 Å². The molecule has 2 unspecified atom stereocenters. The van der Waals surface area contributed by atoms with Gasteiger partial charge in [0.25, 0.3) is 5.91 Å². The topological polar surface area (TPSA) is 76.0 Å². The maximum atomic E-state index is 12.1. The average Bonchev–Trinajstić information content (AvgIpc) is 3.32. The smallest absolute Gasteiger partial charge is 0.253 e. The van der Waals surface area contributed by atoms with E-state index in [-0.39, 0.29) is 18.4 Å². The Morgan fingerprint density at radius 3 is 2.68 bits per heavy atom. The highest BCUT2D eigenvalue weighted by molar-refractivity contribution is 7.13. The number of nitrogens with one attached hydrogen (secondary N) is 2. The first-order valence-electron chi connectivity index (χ1n) is 10.1. The lowest BCUT2D eigenvalue weighted by Crippen LogP contribution is -2.32. The summed E-state index contributed by atoms with van der Waals surface area (Å²) >= 11 is 1.45. The van der Waals surface area contributed by atoms with E-state index in [1.54, 1.807) is 23.0 Å². The van der Waals surface area contributed by atoms with Crippen molar-refractivity contribution in [3.63, 3.8) is 0 Å². The third kappa shape index (κ3) is 6.78. The molecule has 2 N–H and O–H groups in total. The van der Waals surface area contributed by atoms with E-state index < -0.39 is 0 Å². The third-order valence-electron chi connectivity index (χ3n) is 5.03. The van der Waals surface area contributed by atoms with E-state index in [1.165, 1.54) is 24.2 Å². The van der Waals surface area contributed by atoms with Gasteiger partial charge in [-0.3, -0.25) is 9.59 Å². The van der Waals surface area contributed by atoms with Crippen molar-refractivity contribution in [2.24, 2.45) is 13.0 Å². The van der Waals surface area contributed by atoms with E-state index in [0.717, 1.165) is 30.9 Å². The summed E-state index contributed by atoms with van der Waals surface area (Å²) in [6.07, 6.45) is 9.27. The lowest BCUT2D eigenvalue weighted by Gasteiger charge is -2.16. The van der Waals surface area contributed by atoms with Crippen LogP contribution in [0, 0.1) is 5.92 Å². The second-order valence-electron chi connectivity index (χ2n) is 7.45. The van der Waals surface area contributed by atoms with Crippen LogP contribution in [0.3, 0.4) is 0 Å². The number of aryl methyl sites for hydroxylation is 1. The van der Waals surface area contributed by atoms with E-state index in [9.17, 15) is 9.59 Å². The molecule has 2 heterocycles. The Bertz CT molecular complexity index is 768. The molecular formula is C21H32N4O2S. The van der Waals surface area contributed by atoms with E-state index in [2.05, 4.69) is 41.8 Å². The molecule has 0 aromatic carbocycles. The Balaban J connectivity index is 1.86. The van der Waals surface area contributed by atoms with Crippen LogP contribution < -0.4 is 10.6 Å². The van der Waals surface area contributed by atoms with Crippen LogP contribution in [0.15, 0.2) is 23.8 Å². The number of anilines is 1. The zero-order chi connectivity index (χ0) is 20.5. The first-order chi connectivity index (χ1) is 13.4. The molecule has 2 aromatic heterocycles. The normalized spacial score (nSPS) is 13.1. The van der Waals surface area contributed by atoms with Crippen LogP contribution in [-0.2, 0) is 11.8 Å². The minimum atomic E-state index is -0.267. The van der Waals surface area contributed by atoms with Gasteiger partial charge >= 0.3 is 0 Å². The number of hydrogen-bond donors (Lipinski definition) is 2. The van der Waals surface area contributed by atoms with Crippen molar-refractivity contribution >= 4 is 28.3 Å². The fourth-order valence-electron chi connectivity index (χ4n) is 3.07. The van der Waals surface area contributed by atoms with Gasteiger partial charge in [-0.1, -0.05) is 40.0 Å². The monoisotopic (exact) mass is 404 g/mol. The van der Waals surface area contributed by atoms with Gasteiger partial charge in [-0.25, -0.2) is 4.98 Å². The van der Waals surface area contributed by atoms with Crippen molar-refractivity contribution in [1.29, 1.82) is 0 Å². The molecule has 0 fully saturated rings. The van der Waals surface area contributed by atoms with Gasteiger partial charge in [0.05, 0.1) is 17.8 Å². The van der Waals surface area contributed by atoms with Crippen molar-refractivity contribution < 1.29 is 9.59 Å². The Labute approximate surface area is 171 Å². The van der Waals surface area contributed by atoms with E-state index in [4.69, 9.17) is 0 Å². The summed E-state index contributed by atoms with van der Waals surface area (Å²) in [5.41, 5.74) is 1.61. The number of nitrogens with zero attached hydrogens (tertiary/aromatic N) is 2. The van der Waals surface area contributed by atoms with Crippen LogP contribution in [0.2, 0.25) is 0 Å². The average molecular weight is 405 g/mol. The second-order valence-corrected chi connectivity index (χ2v) is 8.31. The second kappa shape index (κ2) is 11.0. The predicted octanol–water partition coefficient (Wildman–Crippen LogP) is 4.56. The van der Waals surface area contributed by atoms with Crippen LogP contribution in [0.4, 0.5) is 5.13 Å². The van der Waals surface area contributed by atoms with Crippen molar-refractivity contribution in [2.45, 2.75) is 58.8 Å². The van der Waals surface area contributed by atoms with Gasteiger partial charge in [0.2, 0.25) is 5.91 Å². The quantitative estimate of drug-likeness (QED) is 0.576. The summed E-state index contributed by atoms with van der Waals surface area (Å²) in [5, 5.41) is 8.08. The molecule has 0 aliphatic carbocycles. The number of rotatable bonds is 11. The summed E-state index contributed by atoms with van der Waals surface area (Å²) in [4.78, 5) is 28.8. The number of aromatic nitrogens is 2. The minimum absolute atomic E-state index is 0.0744. The van der Waals surface area contributed by atoms with E-state index in [0.29, 0.717) is 16.6 Å². The van der Waals surface area contributed by atoms with Crippen molar-refractivity contribution in [3.05, 3.63) is 35.1 Å². The molecule has 28 heavy (non-hydrogen) atoms. The fourth-order valence-corrected chi connectivity index (χ4v) is 3.88. The van der Waals surface area contributed by atoms with Gasteiger partial charge in [-0.15, -0.1) is 11.3 Å². The number of thiazole rings is 1. The van der Waals surface area contributed by atoms with Crippen LogP contribution in [0.25, 0.3) is 0 Å². The van der Waals surface area contributed by atoms with Crippen LogP contribution in [-0.4, -0.2) is 27.9 Å². The van der Waals surface area contributed by atoms with Gasteiger partial charge < -0.3 is 15.2 Å². The first kappa shape index (κ1) is 22.1. The molecule has 7 heteroatoms. The van der Waals surface area contributed by atoms with Crippen LogP contribution in [0.5, 0.6) is 0 Å². The third-order valence-corrected chi connectivity index (χ3v) is 5.81. The molecule has 2 atom stereocenters. The first-order valence-corrected chi connectivity index (χ1v) is 11.0. The maximum Gasteiger partial charge on any atom is 0.253 e. The molecule has 2 rings (SSSR count). The molecule has 0 aliphatic heterocycles. The molecule has 154 valence electrons. The molecule has 6 nitrogen and oxygen atoms in total. The summed E-state index contributed by atoms with van der Waals surface area (Å²) in [7, 11) is 1.85. The Hall–Kier alpha value is -2.15. The molecule has 0 spiro atoms. The zero-order valence-corrected chi connectivity index (χ0v) is 18.1. The SMILES string of the molecule is CCCC(CCC(C)CC)c1csc(NC(=O)CNC(=O)c2ccn(C)c2)n1. The molecular weight excluding hydrogens is 372 g/mol. The highest BCUT2D eigenvalue weighted by Crippen LogP contribution is 2.31. The van der Waals surface area contributed by atoms with Gasteiger partial charge in [0, 0.05) is 30.7 Å². The number of carbonyl (C=O) groups excluding carboxylic acids is 2. The number of hydrogen-bond acceptors (Lipinski definition) is 4. The van der Waals surface area contributed by atoms with E-state index in [1.807, 2.05) is 7.05 Å². The molecule has 0 saturated carbocycles. The zero-order valence-electron chi connectivity index (χ0n) is 17.3. The fraction of sp³-hybridized carbons (Fsp3) is 0.571. The predicted molar refractivity (Wildman–Crippen MR) is 115 cm³/mol. The Morgan fingerprint density at radius 1 is 1.25 bits per heavy atom. The lowest BCUT2D eigenvalue weighted by molar-refractivity contribution is -0.115. The van der Waals surface area contributed by atoms with Gasteiger partial charge in [0.1, 0.15) is 0 Å². The lowest BCUT2D eigenvalue weighted by atomic mass is 9.90. The van der Waals surface area contributed by atoms with Gasteiger partial charge in [-0.05, 0) is 24.8 Å². The minimum Gasteiger partial charge on any atom is -0.356 e. The molecule has 0 aliphatic rings. The van der Waals surface area contributed by atoms with Crippen molar-refractivity contribution in [3.8, 4) is 0 Å². The highest BCUT2D eigenvalue weighted by Gasteiger charge is 2.17. The molecule has 2 amide bonds. The Morgan fingerprint density at radius 2 is 2.04 bits per heavy atom. The van der Waals surface area contributed by atoms with Crippen LogP contribution >= 0.6 is 11.3 Å². The number of amides is 2. The molecule has 0 radical (unpaired) electrons.